The summed E-state index contributed by atoms with van der Waals surface area (Å²) in [5.41, 5.74) is -0.320. The van der Waals surface area contributed by atoms with Crippen molar-refractivity contribution in [1.82, 2.24) is 9.88 Å². The van der Waals surface area contributed by atoms with Crippen LogP contribution in [-0.2, 0) is 0 Å². The summed E-state index contributed by atoms with van der Waals surface area (Å²) in [5, 5.41) is 12.8. The van der Waals surface area contributed by atoms with Crippen molar-refractivity contribution >= 4 is 34.2 Å². The van der Waals surface area contributed by atoms with Crippen LogP contribution in [0.4, 0.5) is 10.1 Å². The van der Waals surface area contributed by atoms with Gasteiger partial charge in [0, 0.05) is 31.4 Å². The van der Waals surface area contributed by atoms with Crippen LogP contribution in [0.25, 0.3) is 10.9 Å². The fourth-order valence-corrected chi connectivity index (χ4v) is 4.56. The van der Waals surface area contributed by atoms with E-state index in [-0.39, 0.29) is 22.0 Å². The van der Waals surface area contributed by atoms with Crippen LogP contribution in [0.2, 0.25) is 5.02 Å². The van der Waals surface area contributed by atoms with Gasteiger partial charge in [-0.05, 0) is 45.2 Å². The Morgan fingerprint density at radius 2 is 2.11 bits per heavy atom. The predicted octanol–water partition coefficient (Wildman–Crippen LogP) is 3.26. The summed E-state index contributed by atoms with van der Waals surface area (Å²) in [6.45, 7) is 3.45. The van der Waals surface area contributed by atoms with Gasteiger partial charge < -0.3 is 19.9 Å². The Morgan fingerprint density at radius 3 is 2.71 bits per heavy atom. The van der Waals surface area contributed by atoms with Gasteiger partial charge in [0.15, 0.2) is 0 Å². The first-order valence-corrected chi connectivity index (χ1v) is 9.93. The number of halogens is 2. The minimum absolute atomic E-state index is 0.0254. The summed E-state index contributed by atoms with van der Waals surface area (Å²) in [6, 6.07) is 1.54. The molecule has 2 heterocycles. The molecule has 2 aliphatic rings. The zero-order valence-electron chi connectivity index (χ0n) is 15.8. The van der Waals surface area contributed by atoms with E-state index in [9.17, 15) is 14.7 Å². The van der Waals surface area contributed by atoms with Crippen LogP contribution in [0.3, 0.4) is 0 Å². The third kappa shape index (κ3) is 3.06. The van der Waals surface area contributed by atoms with Gasteiger partial charge in [0.1, 0.15) is 11.4 Å². The van der Waals surface area contributed by atoms with Gasteiger partial charge >= 0.3 is 5.97 Å². The number of carbonyl (C=O) groups is 1. The van der Waals surface area contributed by atoms with Gasteiger partial charge in [0.2, 0.25) is 5.43 Å². The number of hydrogen-bond acceptors (Lipinski definition) is 4. The van der Waals surface area contributed by atoms with Crippen molar-refractivity contribution in [3.05, 3.63) is 38.9 Å². The molecule has 150 valence electrons. The van der Waals surface area contributed by atoms with Gasteiger partial charge in [-0.15, -0.1) is 0 Å². The fraction of sp³-hybridized carbons (Fsp3) is 0.500. The number of rotatable bonds is 5. The number of pyridine rings is 1. The van der Waals surface area contributed by atoms with Gasteiger partial charge in [0.05, 0.1) is 21.6 Å². The van der Waals surface area contributed by atoms with Crippen LogP contribution in [-0.4, -0.2) is 41.8 Å². The van der Waals surface area contributed by atoms with E-state index >= 15 is 4.39 Å². The molecule has 1 aromatic heterocycles. The highest BCUT2D eigenvalue weighted by atomic mass is 35.5. The molecule has 0 unspecified atom stereocenters. The van der Waals surface area contributed by atoms with Crippen molar-refractivity contribution in [2.45, 2.75) is 38.3 Å². The Labute approximate surface area is 166 Å². The minimum Gasteiger partial charge on any atom is -0.477 e. The Morgan fingerprint density at radius 1 is 1.39 bits per heavy atom. The van der Waals surface area contributed by atoms with Gasteiger partial charge in [-0.1, -0.05) is 11.6 Å². The van der Waals surface area contributed by atoms with Crippen LogP contribution in [0.5, 0.6) is 0 Å². The van der Waals surface area contributed by atoms with Crippen molar-refractivity contribution in [3.63, 3.8) is 0 Å². The van der Waals surface area contributed by atoms with E-state index in [4.69, 9.17) is 11.6 Å². The van der Waals surface area contributed by atoms with E-state index in [2.05, 4.69) is 12.2 Å². The number of nitrogens with one attached hydrogen (secondary N) is 1. The Bertz CT molecular complexity index is 1020. The zero-order valence-corrected chi connectivity index (χ0v) is 16.6. The molecule has 2 atom stereocenters. The number of hydrogen-bond donors (Lipinski definition) is 2. The lowest BCUT2D eigenvalue weighted by atomic mass is 10.0. The Hall–Kier alpha value is -2.12. The molecule has 1 aliphatic heterocycles. The second-order valence-electron chi connectivity index (χ2n) is 7.80. The number of anilines is 1. The highest BCUT2D eigenvalue weighted by Gasteiger charge is 2.33. The Kier molecular flexibility index (Phi) is 4.83. The van der Waals surface area contributed by atoms with Gasteiger partial charge in [-0.2, -0.15) is 0 Å². The maximum absolute atomic E-state index is 15.1. The molecule has 0 amide bonds. The van der Waals surface area contributed by atoms with Crippen molar-refractivity contribution in [2.75, 3.05) is 25.0 Å². The molecule has 0 radical (unpaired) electrons. The molecule has 8 heteroatoms. The number of aromatic nitrogens is 1. The van der Waals surface area contributed by atoms with Gasteiger partial charge in [0.25, 0.3) is 0 Å². The second-order valence-corrected chi connectivity index (χ2v) is 8.18. The molecule has 0 spiro atoms. The number of nitrogens with zero attached hydrogens (tertiary/aromatic N) is 2. The maximum Gasteiger partial charge on any atom is 0.341 e. The molecular weight excluding hydrogens is 385 g/mol. The summed E-state index contributed by atoms with van der Waals surface area (Å²) >= 11 is 6.66. The minimum atomic E-state index is -1.31. The largest absolute Gasteiger partial charge is 0.477 e. The lowest BCUT2D eigenvalue weighted by Gasteiger charge is -2.24. The highest BCUT2D eigenvalue weighted by molar-refractivity contribution is 6.38. The number of aromatic carboxylic acids is 1. The topological polar surface area (TPSA) is 74.6 Å². The maximum atomic E-state index is 15.1. The molecule has 1 saturated heterocycles. The molecule has 1 aliphatic carbocycles. The van der Waals surface area contributed by atoms with Crippen molar-refractivity contribution in [2.24, 2.45) is 5.92 Å². The van der Waals surface area contributed by atoms with Gasteiger partial charge in [-0.3, -0.25) is 4.79 Å². The number of benzene rings is 1. The van der Waals surface area contributed by atoms with Gasteiger partial charge in [-0.25, -0.2) is 9.18 Å². The molecule has 6 nitrogen and oxygen atoms in total. The average molecular weight is 408 g/mol. The Balaban J connectivity index is 1.89. The van der Waals surface area contributed by atoms with E-state index < -0.39 is 17.2 Å². The molecule has 2 fully saturated rings. The lowest BCUT2D eigenvalue weighted by Crippen LogP contribution is -2.33. The summed E-state index contributed by atoms with van der Waals surface area (Å²) in [6.07, 6.45) is 4.04. The summed E-state index contributed by atoms with van der Waals surface area (Å²) in [5.74, 6) is -1.53. The molecule has 2 N–H and O–H groups in total. The van der Waals surface area contributed by atoms with E-state index in [1.54, 1.807) is 4.57 Å². The summed E-state index contributed by atoms with van der Waals surface area (Å²) in [4.78, 5) is 26.1. The molecule has 2 aromatic rings. The number of carboxylic acids is 1. The molecule has 0 bridgehead atoms. The van der Waals surface area contributed by atoms with E-state index in [0.717, 1.165) is 25.3 Å². The molecule has 28 heavy (non-hydrogen) atoms. The summed E-state index contributed by atoms with van der Waals surface area (Å²) < 4.78 is 16.8. The standard InChI is InChI=1S/C20H23ClFN3O3/c1-10(23-2)11-5-6-24(8-11)18-15(22)7-13-17(16(18)21)25(12-3-4-12)9-14(19(13)26)20(27)28/h7,9-12,23H,3-6,8H2,1-2H3,(H,27,28)/t10-,11+/m1/s1. The molecule has 1 saturated carbocycles. The van der Waals surface area contributed by atoms with Crippen molar-refractivity contribution < 1.29 is 14.3 Å². The average Bonchev–Trinajstić information content (AvgIpc) is 3.39. The van der Waals surface area contributed by atoms with Crippen LogP contribution in [0.15, 0.2) is 17.1 Å². The van der Waals surface area contributed by atoms with E-state index in [1.165, 1.54) is 6.20 Å². The van der Waals surface area contributed by atoms with E-state index in [1.807, 2.05) is 11.9 Å². The number of fused-ring (bicyclic) bond motifs is 1. The third-order valence-electron chi connectivity index (χ3n) is 6.06. The fourth-order valence-electron chi connectivity index (χ4n) is 4.15. The highest BCUT2D eigenvalue weighted by Crippen LogP contribution is 2.43. The number of carboxylic acid groups (broad SMARTS) is 1. The SMILES string of the molecule is CN[C@H](C)[C@H]1CCN(c2c(F)cc3c(=O)c(C(=O)O)cn(C4CC4)c3c2Cl)C1. The lowest BCUT2D eigenvalue weighted by molar-refractivity contribution is 0.0695. The quantitative estimate of drug-likeness (QED) is 0.795. The monoisotopic (exact) mass is 407 g/mol. The first-order chi connectivity index (χ1) is 13.3. The third-order valence-corrected chi connectivity index (χ3v) is 6.42. The summed E-state index contributed by atoms with van der Waals surface area (Å²) in [7, 11) is 1.91. The molecular formula is C20H23ClFN3O3. The van der Waals surface area contributed by atoms with Crippen molar-refractivity contribution in [3.8, 4) is 0 Å². The van der Waals surface area contributed by atoms with Crippen molar-refractivity contribution in [1.29, 1.82) is 0 Å². The van der Waals surface area contributed by atoms with Crippen LogP contribution in [0.1, 0.15) is 42.6 Å². The molecule has 1 aromatic carbocycles. The first kappa shape index (κ1) is 19.2. The predicted molar refractivity (Wildman–Crippen MR) is 107 cm³/mol. The van der Waals surface area contributed by atoms with Crippen LogP contribution in [0, 0.1) is 11.7 Å². The smallest absolute Gasteiger partial charge is 0.341 e. The first-order valence-electron chi connectivity index (χ1n) is 9.55. The molecule has 4 rings (SSSR count). The van der Waals surface area contributed by atoms with Crippen LogP contribution < -0.4 is 15.6 Å². The zero-order chi connectivity index (χ0) is 20.2. The normalized spacial score (nSPS) is 20.7. The van der Waals surface area contributed by atoms with E-state index in [0.29, 0.717) is 36.3 Å². The second kappa shape index (κ2) is 7.04. The van der Waals surface area contributed by atoms with Crippen LogP contribution >= 0.6 is 11.6 Å².